The van der Waals surface area contributed by atoms with E-state index in [-0.39, 0.29) is 47.4 Å². The fraction of sp³-hybridized carbons (Fsp3) is 0.542. The fourth-order valence-corrected chi connectivity index (χ4v) is 6.16. The highest BCUT2D eigenvalue weighted by molar-refractivity contribution is 5.99. The number of hydrogen-bond donors (Lipinski definition) is 0. The maximum absolute atomic E-state index is 13.0. The highest BCUT2D eigenvalue weighted by Gasteiger charge is 2.68. The third kappa shape index (κ3) is 2.33. The number of ketones is 2. The molecule has 0 radical (unpaired) electrons. The Morgan fingerprint density at radius 1 is 1.07 bits per heavy atom. The van der Waals surface area contributed by atoms with Crippen LogP contribution in [0.4, 0.5) is 0 Å². The SMILES string of the molecule is CCC(C)(C)OC(=O)c1cccc(C2CC3C(=O)C2C2C4C=CC(C4=O)C32)c1. The van der Waals surface area contributed by atoms with Crippen LogP contribution in [0.25, 0.3) is 0 Å². The van der Waals surface area contributed by atoms with Gasteiger partial charge < -0.3 is 4.74 Å². The summed E-state index contributed by atoms with van der Waals surface area (Å²) in [4.78, 5) is 38.1. The van der Waals surface area contributed by atoms with Crippen LogP contribution in [0.2, 0.25) is 0 Å². The predicted octanol–water partition coefficient (Wildman–Crippen LogP) is 3.95. The van der Waals surface area contributed by atoms with E-state index in [2.05, 4.69) is 0 Å². The third-order valence-electron chi connectivity index (χ3n) is 7.74. The van der Waals surface area contributed by atoms with Crippen molar-refractivity contribution in [2.45, 2.75) is 45.1 Å². The minimum Gasteiger partial charge on any atom is -0.456 e. The summed E-state index contributed by atoms with van der Waals surface area (Å²) in [5, 5.41) is 0. The van der Waals surface area contributed by atoms with Gasteiger partial charge in [0.15, 0.2) is 0 Å². The number of allylic oxidation sites excluding steroid dienone is 2. The molecule has 5 rings (SSSR count). The van der Waals surface area contributed by atoms with E-state index in [0.717, 1.165) is 18.4 Å². The monoisotopic (exact) mass is 378 g/mol. The van der Waals surface area contributed by atoms with Crippen molar-refractivity contribution >= 4 is 17.5 Å². The molecule has 0 amide bonds. The van der Waals surface area contributed by atoms with Crippen molar-refractivity contribution in [3.05, 3.63) is 47.5 Å². The van der Waals surface area contributed by atoms with Crippen LogP contribution < -0.4 is 0 Å². The van der Waals surface area contributed by atoms with E-state index in [1.807, 2.05) is 51.1 Å². The molecule has 3 fully saturated rings. The van der Waals surface area contributed by atoms with Gasteiger partial charge in [0.1, 0.15) is 17.2 Å². The molecule has 0 heterocycles. The Labute approximate surface area is 165 Å². The summed E-state index contributed by atoms with van der Waals surface area (Å²) in [7, 11) is 0. The zero-order chi connectivity index (χ0) is 19.8. The van der Waals surface area contributed by atoms with Crippen LogP contribution in [-0.4, -0.2) is 23.1 Å². The lowest BCUT2D eigenvalue weighted by atomic mass is 9.68. The molecule has 7 atom stereocenters. The van der Waals surface area contributed by atoms with Crippen LogP contribution in [0.3, 0.4) is 0 Å². The van der Waals surface area contributed by atoms with Crippen LogP contribution in [0.5, 0.6) is 0 Å². The van der Waals surface area contributed by atoms with Crippen molar-refractivity contribution in [1.82, 2.24) is 0 Å². The number of carbonyl (C=O) groups excluding carboxylic acids is 3. The first-order chi connectivity index (χ1) is 13.3. The molecule has 4 bridgehead atoms. The van der Waals surface area contributed by atoms with E-state index in [1.54, 1.807) is 6.07 Å². The average molecular weight is 378 g/mol. The van der Waals surface area contributed by atoms with Crippen LogP contribution >= 0.6 is 0 Å². The van der Waals surface area contributed by atoms with Gasteiger partial charge >= 0.3 is 5.97 Å². The number of Topliss-reactive ketones (excluding diaryl/α,β-unsaturated/α-hetero) is 2. The van der Waals surface area contributed by atoms with Gasteiger partial charge in [-0.05, 0) is 62.1 Å². The number of hydrogen-bond acceptors (Lipinski definition) is 4. The van der Waals surface area contributed by atoms with Gasteiger partial charge in [-0.25, -0.2) is 4.79 Å². The van der Waals surface area contributed by atoms with E-state index in [4.69, 9.17) is 4.74 Å². The Kier molecular flexibility index (Phi) is 3.75. The van der Waals surface area contributed by atoms with Crippen molar-refractivity contribution in [2.24, 2.45) is 35.5 Å². The number of esters is 1. The summed E-state index contributed by atoms with van der Waals surface area (Å²) in [5.74, 6) is 0.621. The van der Waals surface area contributed by atoms with Gasteiger partial charge in [0.2, 0.25) is 0 Å². The van der Waals surface area contributed by atoms with Crippen LogP contribution in [0.1, 0.15) is 55.5 Å². The molecule has 4 aliphatic rings. The molecule has 146 valence electrons. The maximum atomic E-state index is 13.0. The Morgan fingerprint density at radius 3 is 2.50 bits per heavy atom. The van der Waals surface area contributed by atoms with E-state index >= 15 is 0 Å². The minimum atomic E-state index is -0.502. The molecule has 4 aliphatic carbocycles. The second-order valence-electron chi connectivity index (χ2n) is 9.50. The topological polar surface area (TPSA) is 60.4 Å². The summed E-state index contributed by atoms with van der Waals surface area (Å²) < 4.78 is 5.64. The molecule has 0 saturated heterocycles. The molecule has 1 aromatic rings. The van der Waals surface area contributed by atoms with E-state index in [9.17, 15) is 14.4 Å². The first-order valence-electron chi connectivity index (χ1n) is 10.4. The van der Waals surface area contributed by atoms with Crippen LogP contribution in [0, 0.1) is 35.5 Å². The maximum Gasteiger partial charge on any atom is 0.338 e. The zero-order valence-corrected chi connectivity index (χ0v) is 16.6. The van der Waals surface area contributed by atoms with Gasteiger partial charge in [0.05, 0.1) is 5.56 Å². The molecule has 3 saturated carbocycles. The molecule has 0 aromatic heterocycles. The van der Waals surface area contributed by atoms with Crippen LogP contribution in [0.15, 0.2) is 36.4 Å². The van der Waals surface area contributed by atoms with E-state index in [1.165, 1.54) is 0 Å². The first-order valence-corrected chi connectivity index (χ1v) is 10.4. The van der Waals surface area contributed by atoms with Crippen molar-refractivity contribution in [3.8, 4) is 0 Å². The van der Waals surface area contributed by atoms with Crippen molar-refractivity contribution in [2.75, 3.05) is 0 Å². The van der Waals surface area contributed by atoms with Crippen molar-refractivity contribution in [1.29, 1.82) is 0 Å². The summed E-state index contributed by atoms with van der Waals surface area (Å²) in [6.07, 6.45) is 5.60. The standard InChI is InChI=1S/C24H26O4/c1-4-24(2,3)28-23(27)13-7-5-6-12(10-13)16-11-17-18-14-8-9-15(21(14)25)19(18)20(16)22(17)26/h5-10,14-20H,4,11H2,1-3H3. The molecule has 0 N–H and O–H groups in total. The number of ether oxygens (including phenoxy) is 1. The molecule has 1 aromatic carbocycles. The second kappa shape index (κ2) is 5.88. The first kappa shape index (κ1) is 17.8. The summed E-state index contributed by atoms with van der Waals surface area (Å²) in [6.45, 7) is 5.80. The van der Waals surface area contributed by atoms with Crippen molar-refractivity contribution < 1.29 is 19.1 Å². The molecular weight excluding hydrogens is 352 g/mol. The lowest BCUT2D eigenvalue weighted by Crippen LogP contribution is -2.30. The Morgan fingerprint density at radius 2 is 1.79 bits per heavy atom. The minimum absolute atomic E-state index is 0.00136. The summed E-state index contributed by atoms with van der Waals surface area (Å²) in [5.41, 5.74) is 1.07. The van der Waals surface area contributed by atoms with Gasteiger partial charge in [-0.15, -0.1) is 0 Å². The third-order valence-corrected chi connectivity index (χ3v) is 7.74. The molecule has 4 nitrogen and oxygen atoms in total. The lowest BCUT2D eigenvalue weighted by molar-refractivity contribution is -0.125. The van der Waals surface area contributed by atoms with E-state index in [0.29, 0.717) is 17.1 Å². The molecule has 4 heteroatoms. The van der Waals surface area contributed by atoms with Crippen LogP contribution in [-0.2, 0) is 14.3 Å². The van der Waals surface area contributed by atoms with Gasteiger partial charge in [0, 0.05) is 23.7 Å². The molecule has 0 spiro atoms. The highest BCUT2D eigenvalue weighted by Crippen LogP contribution is 2.66. The lowest BCUT2D eigenvalue weighted by Gasteiger charge is -2.34. The highest BCUT2D eigenvalue weighted by atomic mass is 16.6. The summed E-state index contributed by atoms with van der Waals surface area (Å²) >= 11 is 0. The predicted molar refractivity (Wildman–Crippen MR) is 104 cm³/mol. The molecular formula is C24H26O4. The normalized spacial score (nSPS) is 37.6. The largest absolute Gasteiger partial charge is 0.456 e. The van der Waals surface area contributed by atoms with Crippen molar-refractivity contribution in [3.63, 3.8) is 0 Å². The Bertz CT molecular complexity index is 911. The number of rotatable bonds is 4. The quantitative estimate of drug-likeness (QED) is 0.452. The van der Waals surface area contributed by atoms with Gasteiger partial charge in [0.25, 0.3) is 0 Å². The zero-order valence-electron chi connectivity index (χ0n) is 16.6. The smallest absolute Gasteiger partial charge is 0.338 e. The average Bonchev–Trinajstić information content (AvgIpc) is 3.38. The van der Waals surface area contributed by atoms with Gasteiger partial charge in [-0.2, -0.15) is 0 Å². The van der Waals surface area contributed by atoms with Gasteiger partial charge in [-0.3, -0.25) is 9.59 Å². The number of benzene rings is 1. The molecule has 7 unspecified atom stereocenters. The second-order valence-corrected chi connectivity index (χ2v) is 9.50. The number of carbonyl (C=O) groups is 3. The number of fused-ring (bicyclic) bond motifs is 9. The molecule has 0 aliphatic heterocycles. The van der Waals surface area contributed by atoms with Gasteiger partial charge in [-0.1, -0.05) is 31.2 Å². The summed E-state index contributed by atoms with van der Waals surface area (Å²) in [6, 6.07) is 7.57. The Balaban J connectivity index is 1.43. The fourth-order valence-electron chi connectivity index (χ4n) is 6.16. The molecule has 28 heavy (non-hydrogen) atoms. The van der Waals surface area contributed by atoms with E-state index < -0.39 is 5.60 Å². The Hall–Kier alpha value is -2.23.